The first kappa shape index (κ1) is 37.1. The standard InChI is InChI=1S/C47H40N7O.Pt/c1-46(2,3)31-18-20-38(45-50-28-48-29-51-45)42(24-31)53-30-52(40-16-9-10-17-41(40)53)33-12-11-13-34(26-33)55-35-19-21-37-36-14-7-8-15-39(36)54(43(37)27-35)44-25-32(22-23-49-44)47(4,5)6;/h7-25,28-30H,1-6H3;/q-3;. The van der Waals surface area contributed by atoms with Gasteiger partial charge in [-0.2, -0.15) is 12.1 Å². The molecule has 0 saturated heterocycles. The predicted octanol–water partition coefficient (Wildman–Crippen LogP) is 11.4. The fraction of sp³-hybridized carbons (Fsp3) is 0.170. The zero-order valence-corrected chi connectivity index (χ0v) is 34.3. The van der Waals surface area contributed by atoms with Gasteiger partial charge in [-0.05, 0) is 69.8 Å². The van der Waals surface area contributed by atoms with Gasteiger partial charge in [-0.25, -0.2) is 19.9 Å². The summed E-state index contributed by atoms with van der Waals surface area (Å²) in [7, 11) is 0. The minimum absolute atomic E-state index is 0. The number of benzene rings is 5. The number of fused-ring (bicyclic) bond motifs is 4. The van der Waals surface area contributed by atoms with Gasteiger partial charge in [-0.1, -0.05) is 83.5 Å². The summed E-state index contributed by atoms with van der Waals surface area (Å²) in [5.74, 6) is 2.63. The summed E-state index contributed by atoms with van der Waals surface area (Å²) in [5, 5.41) is 2.22. The van der Waals surface area contributed by atoms with Crippen LogP contribution in [0.15, 0.2) is 128 Å². The van der Waals surface area contributed by atoms with Crippen molar-refractivity contribution in [1.29, 1.82) is 0 Å². The van der Waals surface area contributed by atoms with Crippen molar-refractivity contribution < 1.29 is 25.8 Å². The second-order valence-electron chi connectivity index (χ2n) is 15.9. The molecule has 0 radical (unpaired) electrons. The van der Waals surface area contributed by atoms with Crippen LogP contribution in [0.4, 0.5) is 22.7 Å². The predicted molar refractivity (Wildman–Crippen MR) is 220 cm³/mol. The molecule has 0 saturated carbocycles. The Hall–Kier alpha value is -5.85. The van der Waals surface area contributed by atoms with Crippen LogP contribution in [-0.2, 0) is 31.9 Å². The van der Waals surface area contributed by atoms with Crippen LogP contribution in [0.3, 0.4) is 0 Å². The van der Waals surface area contributed by atoms with Crippen LogP contribution >= 0.6 is 0 Å². The molecule has 282 valence electrons. The van der Waals surface area contributed by atoms with E-state index in [0.29, 0.717) is 17.3 Å². The van der Waals surface area contributed by atoms with Crippen LogP contribution in [0.25, 0.3) is 39.0 Å². The van der Waals surface area contributed by atoms with E-state index < -0.39 is 0 Å². The Labute approximate surface area is 342 Å². The maximum atomic E-state index is 6.56. The summed E-state index contributed by atoms with van der Waals surface area (Å²) in [6.45, 7) is 15.4. The molecule has 5 aromatic carbocycles. The first-order valence-corrected chi connectivity index (χ1v) is 18.4. The molecule has 0 spiro atoms. The van der Waals surface area contributed by atoms with Crippen molar-refractivity contribution in [1.82, 2.24) is 24.5 Å². The molecular weight excluding hydrogens is 874 g/mol. The van der Waals surface area contributed by atoms with Gasteiger partial charge in [0.15, 0.2) is 5.82 Å². The summed E-state index contributed by atoms with van der Waals surface area (Å²) in [5.41, 5.74) is 9.06. The molecule has 56 heavy (non-hydrogen) atoms. The van der Waals surface area contributed by atoms with Crippen LogP contribution < -0.4 is 14.5 Å². The Balaban J connectivity index is 0.00000441. The summed E-state index contributed by atoms with van der Waals surface area (Å²) in [6.07, 6.45) is 4.96. The van der Waals surface area contributed by atoms with Gasteiger partial charge in [0.2, 0.25) is 0 Å². The Morgan fingerprint density at radius 3 is 2.07 bits per heavy atom. The second-order valence-corrected chi connectivity index (χ2v) is 15.9. The summed E-state index contributed by atoms with van der Waals surface area (Å²) < 4.78 is 8.74. The molecule has 4 heterocycles. The van der Waals surface area contributed by atoms with E-state index in [-0.39, 0.29) is 31.9 Å². The van der Waals surface area contributed by atoms with Crippen molar-refractivity contribution in [3.8, 4) is 28.7 Å². The molecule has 0 fully saturated rings. The molecule has 0 aliphatic carbocycles. The van der Waals surface area contributed by atoms with Crippen LogP contribution in [-0.4, -0.2) is 24.5 Å². The van der Waals surface area contributed by atoms with E-state index in [1.807, 2.05) is 30.5 Å². The summed E-state index contributed by atoms with van der Waals surface area (Å²) >= 11 is 0. The van der Waals surface area contributed by atoms with Crippen molar-refractivity contribution in [2.24, 2.45) is 0 Å². The van der Waals surface area contributed by atoms with Gasteiger partial charge >= 0.3 is 0 Å². The van der Waals surface area contributed by atoms with E-state index in [1.54, 1.807) is 0 Å². The van der Waals surface area contributed by atoms with E-state index in [9.17, 15) is 0 Å². The van der Waals surface area contributed by atoms with E-state index in [2.05, 4.69) is 175 Å². The number of pyridine rings is 1. The Bertz CT molecular complexity index is 2710. The molecule has 1 aliphatic heterocycles. The van der Waals surface area contributed by atoms with Crippen molar-refractivity contribution in [3.05, 3.63) is 158 Å². The van der Waals surface area contributed by atoms with Gasteiger partial charge in [0.25, 0.3) is 0 Å². The quantitative estimate of drug-likeness (QED) is 0.154. The zero-order valence-electron chi connectivity index (χ0n) is 32.1. The first-order chi connectivity index (χ1) is 26.5. The molecule has 0 bridgehead atoms. The van der Waals surface area contributed by atoms with E-state index in [4.69, 9.17) is 9.72 Å². The van der Waals surface area contributed by atoms with Crippen LogP contribution in [0, 0.1) is 18.8 Å². The average Bonchev–Trinajstić information content (AvgIpc) is 3.74. The minimum Gasteiger partial charge on any atom is -0.509 e. The Morgan fingerprint density at radius 1 is 0.607 bits per heavy atom. The molecule has 0 atom stereocenters. The van der Waals surface area contributed by atoms with Gasteiger partial charge in [0.05, 0.1) is 0 Å². The maximum absolute atomic E-state index is 6.56. The molecule has 9 heteroatoms. The molecule has 0 N–H and O–H groups in total. The fourth-order valence-corrected chi connectivity index (χ4v) is 7.19. The normalized spacial score (nSPS) is 12.9. The largest absolute Gasteiger partial charge is 0.509 e. The van der Waals surface area contributed by atoms with Gasteiger partial charge in [0.1, 0.15) is 18.5 Å². The third-order valence-corrected chi connectivity index (χ3v) is 10.1. The van der Waals surface area contributed by atoms with Gasteiger partial charge < -0.3 is 19.1 Å². The van der Waals surface area contributed by atoms with Crippen LogP contribution in [0.1, 0.15) is 52.7 Å². The Kier molecular flexibility index (Phi) is 9.50. The number of aromatic nitrogens is 5. The first-order valence-electron chi connectivity index (χ1n) is 18.4. The minimum atomic E-state index is -0.0634. The molecule has 3 aromatic heterocycles. The SMILES string of the molecule is CC(C)(C)c1ccnc(-n2c3[c-]c(Oc4[c-]c(N5[CH-]N(c6cc(C(C)(C)C)ccc6-c6ncncn6)c6ccccc65)ccc4)ccc3c3ccccc32)c1.[Pt]. The van der Waals surface area contributed by atoms with Crippen molar-refractivity contribution in [2.75, 3.05) is 9.80 Å². The topological polar surface area (TPSA) is 72.2 Å². The van der Waals surface area contributed by atoms with Crippen molar-refractivity contribution >= 4 is 44.6 Å². The number of nitrogens with zero attached hydrogens (tertiary/aromatic N) is 7. The molecule has 8 nitrogen and oxygen atoms in total. The van der Waals surface area contributed by atoms with Crippen molar-refractivity contribution in [3.63, 3.8) is 0 Å². The molecule has 1 aliphatic rings. The molecule has 0 amide bonds. The molecule has 8 aromatic rings. The number of hydrogen-bond acceptors (Lipinski definition) is 7. The van der Waals surface area contributed by atoms with E-state index >= 15 is 0 Å². The van der Waals surface area contributed by atoms with E-state index in [1.165, 1.54) is 23.8 Å². The number of anilines is 4. The summed E-state index contributed by atoms with van der Waals surface area (Å²) in [6, 6.07) is 44.7. The van der Waals surface area contributed by atoms with Crippen LogP contribution in [0.2, 0.25) is 0 Å². The number of ether oxygens (including phenoxy) is 1. The third kappa shape index (κ3) is 6.73. The fourth-order valence-electron chi connectivity index (χ4n) is 7.19. The number of hydrogen-bond donors (Lipinski definition) is 0. The average molecular weight is 914 g/mol. The molecule has 0 unspecified atom stereocenters. The monoisotopic (exact) mass is 913 g/mol. The Morgan fingerprint density at radius 2 is 1.30 bits per heavy atom. The van der Waals surface area contributed by atoms with Gasteiger partial charge in [0, 0.05) is 66.9 Å². The number of para-hydroxylation sites is 3. The molecular formula is C47H40N7OPt-3. The van der Waals surface area contributed by atoms with Gasteiger partial charge in [-0.3, -0.25) is 0 Å². The third-order valence-electron chi connectivity index (χ3n) is 10.1. The summed E-state index contributed by atoms with van der Waals surface area (Å²) in [4.78, 5) is 22.3. The van der Waals surface area contributed by atoms with Crippen molar-refractivity contribution in [2.45, 2.75) is 52.4 Å². The van der Waals surface area contributed by atoms with E-state index in [0.717, 1.165) is 55.9 Å². The second kappa shape index (κ2) is 14.3. The molecule has 9 rings (SSSR count). The number of rotatable bonds is 6. The smallest absolute Gasteiger partial charge is 0.164 e. The zero-order chi connectivity index (χ0) is 37.9. The van der Waals surface area contributed by atoms with Gasteiger partial charge in [-0.15, -0.1) is 48.1 Å². The van der Waals surface area contributed by atoms with Crippen LogP contribution in [0.5, 0.6) is 11.5 Å². The maximum Gasteiger partial charge on any atom is 0.164 e.